The Bertz CT molecular complexity index is 696. The quantitative estimate of drug-likeness (QED) is 0.821. The summed E-state index contributed by atoms with van der Waals surface area (Å²) in [6.07, 6.45) is 5.95. The lowest BCUT2D eigenvalue weighted by Gasteiger charge is -2.30. The average Bonchev–Trinajstić information content (AvgIpc) is 3.18. The molecular formula is C19H25NO4S. The van der Waals surface area contributed by atoms with Crippen LogP contribution in [0.1, 0.15) is 38.2 Å². The predicted octanol–water partition coefficient (Wildman–Crippen LogP) is 3.20. The van der Waals surface area contributed by atoms with Crippen LogP contribution in [0.3, 0.4) is 0 Å². The van der Waals surface area contributed by atoms with Gasteiger partial charge in [-0.15, -0.1) is 0 Å². The first-order valence-corrected chi connectivity index (χ1v) is 9.84. The van der Waals surface area contributed by atoms with Gasteiger partial charge in [-0.2, -0.15) is 0 Å². The number of aromatic nitrogens is 1. The van der Waals surface area contributed by atoms with Crippen LogP contribution in [0.2, 0.25) is 0 Å². The lowest BCUT2D eigenvalue weighted by molar-refractivity contribution is -0.187. The molecule has 0 amide bonds. The smallest absolute Gasteiger partial charge is 0.157 e. The van der Waals surface area contributed by atoms with Crippen molar-refractivity contribution in [2.75, 3.05) is 13.2 Å². The van der Waals surface area contributed by atoms with Gasteiger partial charge >= 0.3 is 0 Å². The summed E-state index contributed by atoms with van der Waals surface area (Å²) in [5, 5.41) is 11.1. The molecule has 136 valence electrons. The molecule has 25 heavy (non-hydrogen) atoms. The maximum absolute atomic E-state index is 12.6. The Kier molecular flexibility index (Phi) is 6.06. The number of hydrogen-bond acceptors (Lipinski definition) is 4. The van der Waals surface area contributed by atoms with E-state index in [0.29, 0.717) is 32.5 Å². The van der Waals surface area contributed by atoms with Crippen LogP contribution in [0, 0.1) is 0 Å². The van der Waals surface area contributed by atoms with Crippen molar-refractivity contribution in [3.8, 4) is 0 Å². The zero-order valence-corrected chi connectivity index (χ0v) is 15.3. The van der Waals surface area contributed by atoms with Gasteiger partial charge in [0.2, 0.25) is 0 Å². The maximum atomic E-state index is 12.6. The second kappa shape index (κ2) is 8.27. The number of benzene rings is 1. The monoisotopic (exact) mass is 363 g/mol. The van der Waals surface area contributed by atoms with E-state index in [9.17, 15) is 9.32 Å². The molecule has 3 rings (SSSR count). The Labute approximate surface area is 151 Å². The van der Waals surface area contributed by atoms with Crippen LogP contribution < -0.4 is 0 Å². The van der Waals surface area contributed by atoms with E-state index >= 15 is 0 Å². The first kappa shape index (κ1) is 18.3. The van der Waals surface area contributed by atoms with Gasteiger partial charge in [-0.3, -0.25) is 3.97 Å². The molecule has 1 N–H and O–H groups in total. The minimum Gasteiger partial charge on any atom is -0.385 e. The van der Waals surface area contributed by atoms with Crippen molar-refractivity contribution in [1.29, 1.82) is 0 Å². The van der Waals surface area contributed by atoms with E-state index in [1.54, 1.807) is 16.4 Å². The highest BCUT2D eigenvalue weighted by molar-refractivity contribution is 7.83. The van der Waals surface area contributed by atoms with Crippen molar-refractivity contribution in [2.24, 2.45) is 0 Å². The maximum Gasteiger partial charge on any atom is 0.157 e. The van der Waals surface area contributed by atoms with Gasteiger partial charge in [0.25, 0.3) is 0 Å². The molecule has 6 heteroatoms. The van der Waals surface area contributed by atoms with Gasteiger partial charge in [0, 0.05) is 24.4 Å². The Balaban J connectivity index is 1.70. The highest BCUT2D eigenvalue weighted by Gasteiger charge is 2.30. The molecule has 0 bridgehead atoms. The molecule has 2 aromatic rings. The summed E-state index contributed by atoms with van der Waals surface area (Å²) in [6.45, 7) is 3.37. The SMILES string of the molecule is CCC(O)(CCC1OCCCO1)c1ccn(S(=O)c2ccccc2)c1. The van der Waals surface area contributed by atoms with Crippen LogP contribution in [0.15, 0.2) is 53.7 Å². The largest absolute Gasteiger partial charge is 0.385 e. The molecule has 2 heterocycles. The van der Waals surface area contributed by atoms with E-state index in [-0.39, 0.29) is 6.29 Å². The van der Waals surface area contributed by atoms with E-state index < -0.39 is 16.6 Å². The van der Waals surface area contributed by atoms with E-state index in [2.05, 4.69) is 0 Å². The van der Waals surface area contributed by atoms with Crippen LogP contribution in [0.4, 0.5) is 0 Å². The fraction of sp³-hybridized carbons (Fsp3) is 0.474. The summed E-state index contributed by atoms with van der Waals surface area (Å²) in [4.78, 5) is 0.730. The molecule has 5 nitrogen and oxygen atoms in total. The number of nitrogens with zero attached hydrogens (tertiary/aromatic N) is 1. The molecule has 1 aliphatic heterocycles. The second-order valence-corrected chi connectivity index (χ2v) is 7.66. The van der Waals surface area contributed by atoms with Crippen molar-refractivity contribution in [1.82, 2.24) is 3.97 Å². The normalized spacial score (nSPS) is 19.4. The van der Waals surface area contributed by atoms with E-state index in [1.165, 1.54) is 0 Å². The van der Waals surface area contributed by atoms with Gasteiger partial charge < -0.3 is 14.6 Å². The van der Waals surface area contributed by atoms with Gasteiger partial charge in [0.1, 0.15) is 0 Å². The van der Waals surface area contributed by atoms with Gasteiger partial charge in [-0.25, -0.2) is 4.21 Å². The summed E-state index contributed by atoms with van der Waals surface area (Å²) in [7, 11) is -1.31. The first-order chi connectivity index (χ1) is 12.1. The summed E-state index contributed by atoms with van der Waals surface area (Å²) < 4.78 is 25.4. The molecule has 1 aromatic heterocycles. The minimum absolute atomic E-state index is 0.243. The summed E-state index contributed by atoms with van der Waals surface area (Å²) in [5.41, 5.74) is -0.203. The van der Waals surface area contributed by atoms with Crippen molar-refractivity contribution in [3.63, 3.8) is 0 Å². The lowest BCUT2D eigenvalue weighted by Crippen LogP contribution is -2.30. The Morgan fingerprint density at radius 3 is 2.64 bits per heavy atom. The molecule has 1 aliphatic rings. The van der Waals surface area contributed by atoms with E-state index in [4.69, 9.17) is 9.47 Å². The highest BCUT2D eigenvalue weighted by atomic mass is 32.2. The highest BCUT2D eigenvalue weighted by Crippen LogP contribution is 2.32. The van der Waals surface area contributed by atoms with Crippen LogP contribution in [0.5, 0.6) is 0 Å². The Hall–Kier alpha value is -1.47. The summed E-state index contributed by atoms with van der Waals surface area (Å²) in [6, 6.07) is 11.1. The molecule has 0 aliphatic carbocycles. The van der Waals surface area contributed by atoms with Crippen LogP contribution in [-0.4, -0.2) is 32.8 Å². The van der Waals surface area contributed by atoms with Crippen molar-refractivity contribution >= 4 is 11.0 Å². The third-order valence-corrected chi connectivity index (χ3v) is 5.90. The topological polar surface area (TPSA) is 60.7 Å². The molecule has 0 radical (unpaired) electrons. The third kappa shape index (κ3) is 4.39. The Morgan fingerprint density at radius 2 is 1.96 bits per heavy atom. The first-order valence-electron chi connectivity index (χ1n) is 8.74. The van der Waals surface area contributed by atoms with Crippen molar-refractivity contribution < 1.29 is 18.8 Å². The van der Waals surface area contributed by atoms with Gasteiger partial charge in [0.15, 0.2) is 17.3 Å². The number of aliphatic hydroxyl groups is 1. The summed E-state index contributed by atoms with van der Waals surface area (Å²) in [5.74, 6) is 0. The fourth-order valence-electron chi connectivity index (χ4n) is 3.00. The lowest BCUT2D eigenvalue weighted by atomic mass is 9.88. The molecule has 1 aromatic carbocycles. The molecule has 2 atom stereocenters. The standard InChI is InChI=1S/C19H25NO4S/c1-2-19(21,11-9-18-23-13-6-14-24-18)16-10-12-20(15-16)25(22)17-7-4-3-5-8-17/h3-5,7-8,10,12,15,18,21H,2,6,9,11,13-14H2,1H3. The number of hydrogen-bond donors (Lipinski definition) is 1. The molecule has 1 saturated heterocycles. The van der Waals surface area contributed by atoms with Crippen LogP contribution >= 0.6 is 0 Å². The fourth-order valence-corrected chi connectivity index (χ4v) is 4.01. The minimum atomic E-state index is -1.31. The van der Waals surface area contributed by atoms with Gasteiger partial charge in [0.05, 0.1) is 23.7 Å². The van der Waals surface area contributed by atoms with E-state index in [0.717, 1.165) is 16.9 Å². The third-order valence-electron chi connectivity index (χ3n) is 4.62. The molecular weight excluding hydrogens is 338 g/mol. The summed E-state index contributed by atoms with van der Waals surface area (Å²) >= 11 is 0. The number of ether oxygens (including phenoxy) is 2. The molecule has 0 saturated carbocycles. The second-order valence-electron chi connectivity index (χ2n) is 6.27. The molecule has 1 fully saturated rings. The molecule has 0 spiro atoms. The predicted molar refractivity (Wildman–Crippen MR) is 96.4 cm³/mol. The molecule has 2 unspecified atom stereocenters. The van der Waals surface area contributed by atoms with Gasteiger partial charge in [-0.1, -0.05) is 25.1 Å². The van der Waals surface area contributed by atoms with Crippen molar-refractivity contribution in [3.05, 3.63) is 54.4 Å². The van der Waals surface area contributed by atoms with Crippen LogP contribution in [0.25, 0.3) is 0 Å². The van der Waals surface area contributed by atoms with Gasteiger partial charge in [-0.05, 0) is 37.5 Å². The average molecular weight is 363 g/mol. The van der Waals surface area contributed by atoms with E-state index in [1.807, 2.05) is 43.3 Å². The zero-order valence-electron chi connectivity index (χ0n) is 14.5. The van der Waals surface area contributed by atoms with Crippen LogP contribution in [-0.2, 0) is 26.1 Å². The van der Waals surface area contributed by atoms with Crippen molar-refractivity contribution in [2.45, 2.75) is 49.4 Å². The number of rotatable bonds is 7. The zero-order chi connectivity index (χ0) is 17.7. The Morgan fingerprint density at radius 1 is 1.24 bits per heavy atom.